The van der Waals surface area contributed by atoms with Gasteiger partial charge in [-0.3, -0.25) is 0 Å². The molecule has 2 heterocycles. The summed E-state index contributed by atoms with van der Waals surface area (Å²) in [5.74, 6) is -1.88. The zero-order chi connectivity index (χ0) is 22.5. The molecule has 0 atom stereocenters. The van der Waals surface area contributed by atoms with Gasteiger partial charge >= 0.3 is 11.9 Å². The SMILES string of the molecule is O=C(O)c1ccc[n+](Cc2ccc(-c3ccc(C[n+]4cccc(C(=O)O)c4)cc3)cc2)c1.[Cl-].[Cl-]. The predicted octanol–water partition coefficient (Wildman–Crippen LogP) is -2.57. The molecule has 0 radical (unpaired) electrons. The number of hydrogen-bond acceptors (Lipinski definition) is 2. The second-order valence-corrected chi connectivity index (χ2v) is 7.53. The van der Waals surface area contributed by atoms with Gasteiger partial charge in [-0.1, -0.05) is 48.5 Å². The van der Waals surface area contributed by atoms with Crippen molar-refractivity contribution in [2.24, 2.45) is 0 Å². The first-order valence-electron chi connectivity index (χ1n) is 10.1. The Bertz CT molecular complexity index is 1180. The summed E-state index contributed by atoms with van der Waals surface area (Å²) in [6.07, 6.45) is 6.95. The molecule has 2 N–H and O–H groups in total. The van der Waals surface area contributed by atoms with Crippen LogP contribution in [0.25, 0.3) is 11.1 Å². The summed E-state index contributed by atoms with van der Waals surface area (Å²) in [6, 6.07) is 23.0. The maximum atomic E-state index is 11.1. The lowest BCUT2D eigenvalue weighted by Gasteiger charge is -2.05. The number of carboxylic acids is 2. The molecule has 0 unspecified atom stereocenters. The summed E-state index contributed by atoms with van der Waals surface area (Å²) in [6.45, 7) is 1.18. The molecular weight excluding hydrogens is 475 g/mol. The van der Waals surface area contributed by atoms with E-state index in [2.05, 4.69) is 24.3 Å². The van der Waals surface area contributed by atoms with Crippen molar-refractivity contribution in [1.29, 1.82) is 0 Å². The highest BCUT2D eigenvalue weighted by molar-refractivity contribution is 5.87. The minimum atomic E-state index is -0.939. The number of aromatic carboxylic acids is 2. The predicted molar refractivity (Wildman–Crippen MR) is 117 cm³/mol. The third-order valence-electron chi connectivity index (χ3n) is 5.18. The van der Waals surface area contributed by atoms with Crippen LogP contribution in [0.4, 0.5) is 0 Å². The van der Waals surface area contributed by atoms with E-state index < -0.39 is 11.9 Å². The first-order valence-corrected chi connectivity index (χ1v) is 10.1. The summed E-state index contributed by atoms with van der Waals surface area (Å²) in [5, 5.41) is 18.3. The van der Waals surface area contributed by atoms with E-state index in [0.29, 0.717) is 13.1 Å². The van der Waals surface area contributed by atoms with E-state index in [1.54, 1.807) is 36.7 Å². The van der Waals surface area contributed by atoms with Crippen molar-refractivity contribution in [2.75, 3.05) is 0 Å². The van der Waals surface area contributed by atoms with E-state index in [1.807, 2.05) is 45.8 Å². The molecule has 0 aliphatic rings. The van der Waals surface area contributed by atoms with Gasteiger partial charge in [0.05, 0.1) is 0 Å². The quantitative estimate of drug-likeness (QED) is 0.275. The van der Waals surface area contributed by atoms with Crippen molar-refractivity contribution >= 4 is 11.9 Å². The van der Waals surface area contributed by atoms with Crippen LogP contribution in [-0.4, -0.2) is 22.2 Å². The van der Waals surface area contributed by atoms with Crippen LogP contribution in [0.1, 0.15) is 31.8 Å². The molecule has 0 aliphatic heterocycles. The third-order valence-corrected chi connectivity index (χ3v) is 5.18. The molecule has 0 fully saturated rings. The lowest BCUT2D eigenvalue weighted by Crippen LogP contribution is -3.00. The number of carbonyl (C=O) groups is 2. The van der Waals surface area contributed by atoms with Crippen LogP contribution in [0, 0.1) is 0 Å². The number of pyridine rings is 2. The number of hydrogen-bond donors (Lipinski definition) is 2. The van der Waals surface area contributed by atoms with Gasteiger partial charge < -0.3 is 35.0 Å². The monoisotopic (exact) mass is 496 g/mol. The number of benzene rings is 2. The first kappa shape index (κ1) is 26.5. The van der Waals surface area contributed by atoms with Gasteiger partial charge in [0.25, 0.3) is 0 Å². The Morgan fingerprint density at radius 1 is 0.588 bits per heavy atom. The van der Waals surface area contributed by atoms with Gasteiger partial charge in [-0.15, -0.1) is 0 Å². The third kappa shape index (κ3) is 6.63. The molecular formula is C26H22Cl2N2O4. The van der Waals surface area contributed by atoms with Crippen molar-refractivity contribution < 1.29 is 53.8 Å². The second kappa shape index (κ2) is 11.9. The lowest BCUT2D eigenvalue weighted by atomic mass is 10.0. The fourth-order valence-corrected chi connectivity index (χ4v) is 3.52. The molecule has 4 aromatic rings. The van der Waals surface area contributed by atoms with Gasteiger partial charge in [0.1, 0.15) is 11.1 Å². The number of aromatic nitrogens is 2. The second-order valence-electron chi connectivity index (χ2n) is 7.53. The van der Waals surface area contributed by atoms with Crippen LogP contribution in [0.15, 0.2) is 97.6 Å². The minimum Gasteiger partial charge on any atom is -1.00 e. The van der Waals surface area contributed by atoms with Crippen LogP contribution in [0.2, 0.25) is 0 Å². The van der Waals surface area contributed by atoms with Crippen molar-refractivity contribution in [3.05, 3.63) is 120 Å². The number of carboxylic acid groups (broad SMARTS) is 2. The van der Waals surface area contributed by atoms with Crippen LogP contribution in [0.3, 0.4) is 0 Å². The van der Waals surface area contributed by atoms with Gasteiger partial charge in [0.15, 0.2) is 37.9 Å². The smallest absolute Gasteiger partial charge is 0.341 e. The standard InChI is InChI=1S/C26H20N2O4.2ClH/c29-25(30)23-3-1-13-27(17-23)15-19-5-9-21(10-6-19)22-11-7-20(8-12-22)16-28-14-2-4-24(18-28)26(31)32;;/h1-14,17-18H,15-16H2;2*1H. The van der Waals surface area contributed by atoms with Crippen LogP contribution in [-0.2, 0) is 13.1 Å². The fourth-order valence-electron chi connectivity index (χ4n) is 3.52. The lowest BCUT2D eigenvalue weighted by molar-refractivity contribution is -0.688. The van der Waals surface area contributed by atoms with Crippen molar-refractivity contribution in [3.8, 4) is 11.1 Å². The molecule has 34 heavy (non-hydrogen) atoms. The molecule has 0 aliphatic carbocycles. The van der Waals surface area contributed by atoms with Gasteiger partial charge in [0, 0.05) is 23.3 Å². The van der Waals surface area contributed by atoms with Gasteiger partial charge in [-0.2, -0.15) is 9.13 Å². The largest absolute Gasteiger partial charge is 1.00 e. The maximum absolute atomic E-state index is 11.1. The molecule has 0 amide bonds. The van der Waals surface area contributed by atoms with E-state index in [-0.39, 0.29) is 35.9 Å². The Morgan fingerprint density at radius 2 is 0.941 bits per heavy atom. The Hall–Kier alpha value is -3.74. The normalized spacial score (nSPS) is 10.0. The first-order chi connectivity index (χ1) is 15.5. The molecule has 8 heteroatoms. The minimum absolute atomic E-state index is 0. The van der Waals surface area contributed by atoms with E-state index >= 15 is 0 Å². The highest BCUT2D eigenvalue weighted by Gasteiger charge is 2.11. The van der Waals surface area contributed by atoms with E-state index in [1.165, 1.54) is 0 Å². The molecule has 0 spiro atoms. The van der Waals surface area contributed by atoms with Crippen LogP contribution in [0.5, 0.6) is 0 Å². The summed E-state index contributed by atoms with van der Waals surface area (Å²) in [7, 11) is 0. The van der Waals surface area contributed by atoms with Gasteiger partial charge in [-0.25, -0.2) is 9.59 Å². The number of rotatable bonds is 7. The summed E-state index contributed by atoms with van der Waals surface area (Å²) in [5.41, 5.74) is 4.85. The Morgan fingerprint density at radius 3 is 1.26 bits per heavy atom. The van der Waals surface area contributed by atoms with Gasteiger partial charge in [-0.05, 0) is 23.3 Å². The average Bonchev–Trinajstić information content (AvgIpc) is 2.80. The van der Waals surface area contributed by atoms with E-state index in [9.17, 15) is 9.59 Å². The molecule has 6 nitrogen and oxygen atoms in total. The molecule has 0 saturated carbocycles. The summed E-state index contributed by atoms with van der Waals surface area (Å²) >= 11 is 0. The molecule has 2 aromatic heterocycles. The Balaban J connectivity index is 0.00000204. The summed E-state index contributed by atoms with van der Waals surface area (Å²) in [4.78, 5) is 22.3. The molecule has 2 aromatic carbocycles. The Labute approximate surface area is 209 Å². The zero-order valence-corrected chi connectivity index (χ0v) is 19.5. The summed E-state index contributed by atoms with van der Waals surface area (Å²) < 4.78 is 3.70. The number of halogens is 2. The van der Waals surface area contributed by atoms with Crippen molar-refractivity contribution in [3.63, 3.8) is 0 Å². The van der Waals surface area contributed by atoms with Crippen molar-refractivity contribution in [2.45, 2.75) is 13.1 Å². The number of nitrogens with zero attached hydrogens (tertiary/aromatic N) is 2. The molecule has 0 saturated heterocycles. The van der Waals surface area contributed by atoms with E-state index in [4.69, 9.17) is 10.2 Å². The average molecular weight is 497 g/mol. The molecule has 0 bridgehead atoms. The molecule has 174 valence electrons. The van der Waals surface area contributed by atoms with Crippen LogP contribution < -0.4 is 33.9 Å². The van der Waals surface area contributed by atoms with Crippen molar-refractivity contribution in [1.82, 2.24) is 0 Å². The van der Waals surface area contributed by atoms with Crippen LogP contribution >= 0.6 is 0 Å². The fraction of sp³-hybridized carbons (Fsp3) is 0.0769. The zero-order valence-electron chi connectivity index (χ0n) is 18.0. The Kier molecular flexibility index (Phi) is 9.30. The van der Waals surface area contributed by atoms with E-state index in [0.717, 1.165) is 22.3 Å². The topological polar surface area (TPSA) is 82.4 Å². The molecule has 4 rings (SSSR count). The van der Waals surface area contributed by atoms with Gasteiger partial charge in [0.2, 0.25) is 0 Å². The highest BCUT2D eigenvalue weighted by Crippen LogP contribution is 2.20. The maximum Gasteiger partial charge on any atom is 0.341 e. The highest BCUT2D eigenvalue weighted by atomic mass is 35.5.